The zero-order chi connectivity index (χ0) is 21.1. The lowest BCUT2D eigenvalue weighted by molar-refractivity contribution is 0.211. The zero-order valence-electron chi connectivity index (χ0n) is 15.8. The zero-order valence-corrected chi connectivity index (χ0v) is 16.6. The van der Waals surface area contributed by atoms with Crippen molar-refractivity contribution in [1.29, 1.82) is 0 Å². The number of hydrogen-bond acceptors (Lipinski definition) is 7. The van der Waals surface area contributed by atoms with Crippen LogP contribution in [0.2, 0.25) is 0 Å². The minimum absolute atomic E-state index is 0.116. The third-order valence-electron chi connectivity index (χ3n) is 3.47. The van der Waals surface area contributed by atoms with Gasteiger partial charge >= 0.3 is 17.7 Å². The largest absolute Gasteiger partial charge is 0.489 e. The van der Waals surface area contributed by atoms with Crippen LogP contribution in [-0.4, -0.2) is 48.2 Å². The minimum Gasteiger partial charge on any atom is -0.489 e. The first-order valence-electron chi connectivity index (χ1n) is 8.26. The molecule has 28 heavy (non-hydrogen) atoms. The van der Waals surface area contributed by atoms with Crippen LogP contribution < -0.4 is 19.9 Å². The van der Waals surface area contributed by atoms with Crippen molar-refractivity contribution < 1.29 is 27.1 Å². The van der Waals surface area contributed by atoms with Gasteiger partial charge in [0.2, 0.25) is 0 Å². The Bertz CT molecular complexity index is 1030. The highest BCUT2D eigenvalue weighted by molar-refractivity contribution is 7.90. The van der Waals surface area contributed by atoms with E-state index in [2.05, 4.69) is 5.10 Å². The Morgan fingerprint density at radius 3 is 2.64 bits per heavy atom. The summed E-state index contributed by atoms with van der Waals surface area (Å²) < 4.78 is 51.3. The van der Waals surface area contributed by atoms with Crippen LogP contribution >= 0.6 is 0 Å². The fourth-order valence-electron chi connectivity index (χ4n) is 2.31. The summed E-state index contributed by atoms with van der Waals surface area (Å²) in [7, 11) is -3.11. The van der Waals surface area contributed by atoms with E-state index in [1.807, 2.05) is 0 Å². The average Bonchev–Trinajstić information content (AvgIpc) is 2.87. The Hall–Kier alpha value is -2.89. The normalized spacial score (nSPS) is 11.5. The van der Waals surface area contributed by atoms with E-state index in [4.69, 9.17) is 9.47 Å². The lowest BCUT2D eigenvalue weighted by atomic mass is 10.2. The maximum Gasteiger partial charge on any atom is 0.360 e. The molecule has 154 valence electrons. The number of aryl methyl sites for hydroxylation is 1. The number of sulfonamides is 1. The highest BCUT2D eigenvalue weighted by Gasteiger charge is 2.27. The molecule has 0 aliphatic carbocycles. The van der Waals surface area contributed by atoms with E-state index in [1.54, 1.807) is 18.6 Å². The summed E-state index contributed by atoms with van der Waals surface area (Å²) in [5, 5.41) is 3.71. The molecule has 1 heterocycles. The third-order valence-corrected chi connectivity index (χ3v) is 4.98. The van der Waals surface area contributed by atoms with Gasteiger partial charge in [0.1, 0.15) is 23.9 Å². The molecule has 0 spiro atoms. The molecule has 12 heteroatoms. The topological polar surface area (TPSA) is 122 Å². The summed E-state index contributed by atoms with van der Waals surface area (Å²) in [5.74, 6) is -0.116. The first-order valence-corrected chi connectivity index (χ1v) is 9.75. The van der Waals surface area contributed by atoms with Gasteiger partial charge in [-0.15, -0.1) is 9.78 Å². The molecule has 10 nitrogen and oxygen atoms in total. The molecule has 1 aromatic carbocycles. The summed E-state index contributed by atoms with van der Waals surface area (Å²) in [6.07, 6.45) is -0.317. The van der Waals surface area contributed by atoms with Gasteiger partial charge in [0, 0.05) is 7.05 Å². The number of aromatic nitrogens is 3. The van der Waals surface area contributed by atoms with Crippen molar-refractivity contribution in [3.05, 3.63) is 34.2 Å². The Kier molecular flexibility index (Phi) is 6.44. The standard InChI is InChI=1S/C16H21FN4O6S/c1-10(2)27-15-18-21(16(23)20(15)4)14(22)19-28(24,25)13-11(3)6-5-7-12(13)26-9-8-17/h5-7,10H,8-9H2,1-4H3,(H,19,22). The van der Waals surface area contributed by atoms with E-state index in [0.29, 0.717) is 4.68 Å². The SMILES string of the molecule is Cc1cccc(OCCF)c1S(=O)(=O)NC(=O)n1nc(OC(C)C)n(C)c1=O. The monoisotopic (exact) mass is 416 g/mol. The van der Waals surface area contributed by atoms with Gasteiger partial charge in [-0.2, -0.15) is 0 Å². The van der Waals surface area contributed by atoms with Crippen LogP contribution in [0.5, 0.6) is 11.8 Å². The second-order valence-corrected chi connectivity index (χ2v) is 7.67. The summed E-state index contributed by atoms with van der Waals surface area (Å²) in [6, 6.07) is 2.92. The number of halogens is 1. The van der Waals surface area contributed by atoms with Crippen LogP contribution in [0, 0.1) is 6.92 Å². The maximum absolute atomic E-state index is 12.7. The number of alkyl halides is 1. The highest BCUT2D eigenvalue weighted by atomic mass is 32.2. The third kappa shape index (κ3) is 4.50. The van der Waals surface area contributed by atoms with Gasteiger partial charge < -0.3 is 9.47 Å². The van der Waals surface area contributed by atoms with Crippen molar-refractivity contribution in [3.8, 4) is 11.8 Å². The summed E-state index contributed by atoms with van der Waals surface area (Å²) in [4.78, 5) is 24.2. The first kappa shape index (κ1) is 21.4. The van der Waals surface area contributed by atoms with Crippen LogP contribution in [0.4, 0.5) is 9.18 Å². The van der Waals surface area contributed by atoms with Gasteiger partial charge in [-0.25, -0.2) is 31.7 Å². The summed E-state index contributed by atoms with van der Waals surface area (Å²) in [6.45, 7) is 3.72. The molecule has 0 saturated carbocycles. The molecule has 0 radical (unpaired) electrons. The Morgan fingerprint density at radius 1 is 1.36 bits per heavy atom. The lowest BCUT2D eigenvalue weighted by Crippen LogP contribution is -2.40. The molecule has 2 rings (SSSR count). The van der Waals surface area contributed by atoms with Crippen LogP contribution in [0.25, 0.3) is 0 Å². The van der Waals surface area contributed by atoms with Gasteiger partial charge in [-0.1, -0.05) is 12.1 Å². The van der Waals surface area contributed by atoms with Crippen molar-refractivity contribution in [2.75, 3.05) is 13.3 Å². The fourth-order valence-corrected chi connectivity index (χ4v) is 3.61. The van der Waals surface area contributed by atoms with Crippen molar-refractivity contribution in [2.24, 2.45) is 7.05 Å². The summed E-state index contributed by atoms with van der Waals surface area (Å²) in [5.41, 5.74) is -0.615. The number of rotatable bonds is 7. The van der Waals surface area contributed by atoms with E-state index < -0.39 is 28.4 Å². The molecule has 0 unspecified atom stereocenters. The predicted molar refractivity (Wildman–Crippen MR) is 97.0 cm³/mol. The molecule has 0 saturated heterocycles. The van der Waals surface area contributed by atoms with E-state index in [1.165, 1.54) is 32.2 Å². The molecule has 0 aliphatic rings. The van der Waals surface area contributed by atoms with Crippen molar-refractivity contribution in [3.63, 3.8) is 0 Å². The van der Waals surface area contributed by atoms with Gasteiger partial charge in [0.25, 0.3) is 10.0 Å². The second-order valence-electron chi connectivity index (χ2n) is 6.05. The first-order chi connectivity index (χ1) is 13.1. The molecule has 1 aromatic heterocycles. The number of nitrogens with zero attached hydrogens (tertiary/aromatic N) is 3. The van der Waals surface area contributed by atoms with Gasteiger partial charge in [0.15, 0.2) is 0 Å². The predicted octanol–water partition coefficient (Wildman–Crippen LogP) is 0.972. The van der Waals surface area contributed by atoms with Gasteiger partial charge in [-0.05, 0) is 32.4 Å². The maximum atomic E-state index is 12.7. The average molecular weight is 416 g/mol. The fraction of sp³-hybridized carbons (Fsp3) is 0.438. The Labute approximate surface area is 160 Å². The Morgan fingerprint density at radius 2 is 2.04 bits per heavy atom. The number of carbonyl (C=O) groups excluding carboxylic acids is 1. The molecule has 0 bridgehead atoms. The van der Waals surface area contributed by atoms with Crippen molar-refractivity contribution in [2.45, 2.75) is 31.8 Å². The van der Waals surface area contributed by atoms with E-state index in [-0.39, 0.29) is 34.9 Å². The molecule has 0 fully saturated rings. The molecule has 1 N–H and O–H groups in total. The van der Waals surface area contributed by atoms with Crippen molar-refractivity contribution >= 4 is 16.1 Å². The van der Waals surface area contributed by atoms with E-state index in [0.717, 1.165) is 4.57 Å². The molecule has 0 aliphatic heterocycles. The van der Waals surface area contributed by atoms with Crippen LogP contribution in [0.1, 0.15) is 19.4 Å². The van der Waals surface area contributed by atoms with Crippen LogP contribution in [0.3, 0.4) is 0 Å². The molecule has 1 amide bonds. The van der Waals surface area contributed by atoms with E-state index >= 15 is 0 Å². The number of amides is 1. The van der Waals surface area contributed by atoms with Crippen LogP contribution in [-0.2, 0) is 17.1 Å². The van der Waals surface area contributed by atoms with Crippen LogP contribution in [0.15, 0.2) is 27.9 Å². The quantitative estimate of drug-likeness (QED) is 0.714. The second kappa shape index (κ2) is 8.42. The minimum atomic E-state index is -4.44. The lowest BCUT2D eigenvalue weighted by Gasteiger charge is -2.13. The smallest absolute Gasteiger partial charge is 0.360 e. The molecular formula is C16H21FN4O6S. The number of carbonyl (C=O) groups is 1. The Balaban J connectivity index is 2.38. The molecule has 0 atom stereocenters. The van der Waals surface area contributed by atoms with Gasteiger partial charge in [-0.3, -0.25) is 0 Å². The van der Waals surface area contributed by atoms with E-state index in [9.17, 15) is 22.4 Å². The molecular weight excluding hydrogens is 395 g/mol. The number of nitrogens with one attached hydrogen (secondary N) is 1. The number of benzene rings is 1. The number of hydrogen-bond donors (Lipinski definition) is 1. The number of ether oxygens (including phenoxy) is 2. The summed E-state index contributed by atoms with van der Waals surface area (Å²) >= 11 is 0. The highest BCUT2D eigenvalue weighted by Crippen LogP contribution is 2.27. The molecule has 2 aromatic rings. The van der Waals surface area contributed by atoms with Crippen molar-refractivity contribution in [1.82, 2.24) is 19.1 Å². The van der Waals surface area contributed by atoms with Gasteiger partial charge in [0.05, 0.1) is 6.10 Å².